The van der Waals surface area contributed by atoms with Gasteiger partial charge < -0.3 is 16.0 Å². The van der Waals surface area contributed by atoms with Gasteiger partial charge in [-0.05, 0) is 26.3 Å². The van der Waals surface area contributed by atoms with Gasteiger partial charge in [0.15, 0.2) is 0 Å². The number of hydrogen-bond acceptors (Lipinski definition) is 3. The molecule has 2 atom stereocenters. The second-order valence-electron chi connectivity index (χ2n) is 4.70. The number of amides is 1. The summed E-state index contributed by atoms with van der Waals surface area (Å²) in [6.45, 7) is 1.98. The number of nitrogens with two attached hydrogens (primary N) is 1. The zero-order valence-electron chi connectivity index (χ0n) is 8.70. The second kappa shape index (κ2) is 3.87. The first-order valence-electron chi connectivity index (χ1n) is 5.39. The maximum absolute atomic E-state index is 11.7. The molecule has 1 aliphatic carbocycles. The molecule has 0 bridgehead atoms. The molecule has 14 heavy (non-hydrogen) atoms. The van der Waals surface area contributed by atoms with E-state index in [-0.39, 0.29) is 17.9 Å². The minimum atomic E-state index is 0.177. The van der Waals surface area contributed by atoms with Crippen molar-refractivity contribution in [2.75, 3.05) is 20.1 Å². The Morgan fingerprint density at radius 3 is 2.64 bits per heavy atom. The number of carbonyl (C=O) groups excluding carboxylic acids is 1. The van der Waals surface area contributed by atoms with Crippen molar-refractivity contribution in [3.05, 3.63) is 0 Å². The zero-order valence-corrected chi connectivity index (χ0v) is 8.70. The van der Waals surface area contributed by atoms with Crippen LogP contribution in [0.5, 0.6) is 0 Å². The van der Waals surface area contributed by atoms with Gasteiger partial charge in [-0.15, -0.1) is 0 Å². The maximum atomic E-state index is 11.7. The predicted octanol–water partition coefficient (Wildman–Crippen LogP) is -0.456. The molecule has 0 aromatic heterocycles. The summed E-state index contributed by atoms with van der Waals surface area (Å²) >= 11 is 0. The van der Waals surface area contributed by atoms with Gasteiger partial charge in [0.05, 0.1) is 6.04 Å². The normalized spacial score (nSPS) is 34.1. The van der Waals surface area contributed by atoms with E-state index in [2.05, 4.69) is 17.3 Å². The largest absolute Gasteiger partial charge is 0.351 e. The van der Waals surface area contributed by atoms with Crippen molar-refractivity contribution in [3.63, 3.8) is 0 Å². The molecule has 80 valence electrons. The number of rotatable bonds is 2. The number of nitrogens with zero attached hydrogens (tertiary/aromatic N) is 1. The summed E-state index contributed by atoms with van der Waals surface area (Å²) < 4.78 is 0. The summed E-state index contributed by atoms with van der Waals surface area (Å²) in [5.41, 5.74) is 5.77. The van der Waals surface area contributed by atoms with Crippen molar-refractivity contribution >= 4 is 5.91 Å². The minimum absolute atomic E-state index is 0.177. The van der Waals surface area contributed by atoms with Crippen LogP contribution in [0.15, 0.2) is 0 Å². The first-order valence-corrected chi connectivity index (χ1v) is 5.39. The lowest BCUT2D eigenvalue weighted by Gasteiger charge is -2.37. The first-order chi connectivity index (χ1) is 6.65. The Bertz CT molecular complexity index is 225. The number of likely N-dealkylation sites (tertiary alicyclic amines) is 1. The van der Waals surface area contributed by atoms with Crippen molar-refractivity contribution in [2.45, 2.75) is 31.3 Å². The fourth-order valence-corrected chi connectivity index (χ4v) is 2.36. The molecule has 1 saturated carbocycles. The Balaban J connectivity index is 1.73. The van der Waals surface area contributed by atoms with E-state index in [0.717, 1.165) is 32.4 Å². The van der Waals surface area contributed by atoms with Gasteiger partial charge in [-0.2, -0.15) is 0 Å². The predicted molar refractivity (Wildman–Crippen MR) is 54.7 cm³/mol. The molecular weight excluding hydrogens is 178 g/mol. The quantitative estimate of drug-likeness (QED) is 0.630. The number of likely N-dealkylation sites (N-methyl/N-ethyl adjacent to an activating group) is 1. The van der Waals surface area contributed by atoms with Crippen LogP contribution in [0.1, 0.15) is 19.3 Å². The van der Waals surface area contributed by atoms with Gasteiger partial charge >= 0.3 is 0 Å². The summed E-state index contributed by atoms with van der Waals surface area (Å²) in [6.07, 6.45) is 2.84. The molecule has 4 heteroatoms. The summed E-state index contributed by atoms with van der Waals surface area (Å²) in [7, 11) is 2.06. The van der Waals surface area contributed by atoms with Crippen LogP contribution in [0.4, 0.5) is 0 Å². The van der Waals surface area contributed by atoms with Crippen molar-refractivity contribution in [1.29, 1.82) is 0 Å². The third kappa shape index (κ3) is 2.07. The summed E-state index contributed by atoms with van der Waals surface area (Å²) in [6, 6.07) is 0.624. The van der Waals surface area contributed by atoms with Crippen LogP contribution in [0.25, 0.3) is 0 Å². The van der Waals surface area contributed by atoms with Crippen LogP contribution in [0, 0.1) is 5.92 Å². The van der Waals surface area contributed by atoms with Gasteiger partial charge in [0.1, 0.15) is 0 Å². The van der Waals surface area contributed by atoms with E-state index in [1.165, 1.54) is 0 Å². The SMILES string of the molecule is CN1CC(NC(=O)C2CCC(N)C2)C1. The molecule has 2 rings (SSSR count). The molecule has 1 amide bonds. The lowest BCUT2D eigenvalue weighted by Crippen LogP contribution is -2.58. The topological polar surface area (TPSA) is 58.4 Å². The van der Waals surface area contributed by atoms with E-state index in [1.807, 2.05) is 0 Å². The molecule has 3 N–H and O–H groups in total. The Morgan fingerprint density at radius 1 is 1.43 bits per heavy atom. The molecule has 0 aromatic carbocycles. The number of carbonyl (C=O) groups is 1. The maximum Gasteiger partial charge on any atom is 0.223 e. The molecule has 1 heterocycles. The Morgan fingerprint density at radius 2 is 2.14 bits per heavy atom. The number of hydrogen-bond donors (Lipinski definition) is 2. The van der Waals surface area contributed by atoms with Gasteiger partial charge in [0.2, 0.25) is 5.91 Å². The molecule has 2 aliphatic rings. The van der Waals surface area contributed by atoms with Crippen LogP contribution in [0.2, 0.25) is 0 Å². The van der Waals surface area contributed by atoms with Crippen molar-refractivity contribution < 1.29 is 4.79 Å². The van der Waals surface area contributed by atoms with Crippen LogP contribution in [-0.4, -0.2) is 43.0 Å². The molecule has 2 unspecified atom stereocenters. The molecule has 0 aromatic rings. The van der Waals surface area contributed by atoms with Crippen LogP contribution < -0.4 is 11.1 Å². The van der Waals surface area contributed by atoms with E-state index in [0.29, 0.717) is 6.04 Å². The van der Waals surface area contributed by atoms with Crippen LogP contribution >= 0.6 is 0 Å². The molecule has 0 radical (unpaired) electrons. The smallest absolute Gasteiger partial charge is 0.223 e. The Hall–Kier alpha value is -0.610. The lowest BCUT2D eigenvalue weighted by atomic mass is 10.0. The summed E-state index contributed by atoms with van der Waals surface area (Å²) in [5, 5.41) is 3.07. The molecule has 4 nitrogen and oxygen atoms in total. The van der Waals surface area contributed by atoms with Crippen molar-refractivity contribution in [2.24, 2.45) is 11.7 Å². The average Bonchev–Trinajstić information content (AvgIpc) is 2.49. The van der Waals surface area contributed by atoms with Crippen LogP contribution in [0.3, 0.4) is 0 Å². The molecule has 1 saturated heterocycles. The highest BCUT2D eigenvalue weighted by Crippen LogP contribution is 2.24. The fraction of sp³-hybridized carbons (Fsp3) is 0.900. The summed E-state index contributed by atoms with van der Waals surface area (Å²) in [4.78, 5) is 13.9. The van der Waals surface area contributed by atoms with E-state index < -0.39 is 0 Å². The lowest BCUT2D eigenvalue weighted by molar-refractivity contribution is -0.126. The molecular formula is C10H19N3O. The van der Waals surface area contributed by atoms with Gasteiger partial charge in [0, 0.05) is 25.0 Å². The van der Waals surface area contributed by atoms with Crippen molar-refractivity contribution in [1.82, 2.24) is 10.2 Å². The van der Waals surface area contributed by atoms with Gasteiger partial charge in [-0.3, -0.25) is 4.79 Å². The average molecular weight is 197 g/mol. The van der Waals surface area contributed by atoms with E-state index >= 15 is 0 Å². The number of nitrogens with one attached hydrogen (secondary N) is 1. The molecule has 0 spiro atoms. The minimum Gasteiger partial charge on any atom is -0.351 e. The first kappa shape index (κ1) is 9.93. The second-order valence-corrected chi connectivity index (χ2v) is 4.70. The van der Waals surface area contributed by atoms with Crippen molar-refractivity contribution in [3.8, 4) is 0 Å². The highest BCUT2D eigenvalue weighted by atomic mass is 16.2. The Kier molecular flexibility index (Phi) is 2.74. The standard InChI is InChI=1S/C10H19N3O/c1-13-5-9(6-13)12-10(14)7-2-3-8(11)4-7/h7-9H,2-6,11H2,1H3,(H,12,14). The van der Waals surface area contributed by atoms with Gasteiger partial charge in [-0.25, -0.2) is 0 Å². The third-order valence-corrected chi connectivity index (χ3v) is 3.25. The summed E-state index contributed by atoms with van der Waals surface area (Å²) in [5.74, 6) is 0.395. The van der Waals surface area contributed by atoms with Gasteiger partial charge in [0.25, 0.3) is 0 Å². The molecule has 1 aliphatic heterocycles. The van der Waals surface area contributed by atoms with Crippen LogP contribution in [-0.2, 0) is 4.79 Å². The Labute approximate surface area is 84.8 Å². The highest BCUT2D eigenvalue weighted by Gasteiger charge is 2.31. The van der Waals surface area contributed by atoms with Gasteiger partial charge in [-0.1, -0.05) is 0 Å². The van der Waals surface area contributed by atoms with E-state index in [4.69, 9.17) is 5.73 Å². The zero-order chi connectivity index (χ0) is 10.1. The van der Waals surface area contributed by atoms with E-state index in [9.17, 15) is 4.79 Å². The highest BCUT2D eigenvalue weighted by molar-refractivity contribution is 5.79. The molecule has 2 fully saturated rings. The third-order valence-electron chi connectivity index (χ3n) is 3.25. The van der Waals surface area contributed by atoms with E-state index in [1.54, 1.807) is 0 Å². The monoisotopic (exact) mass is 197 g/mol. The fourth-order valence-electron chi connectivity index (χ4n) is 2.36.